The van der Waals surface area contributed by atoms with Gasteiger partial charge in [-0.1, -0.05) is 0 Å². The molecule has 1 heterocycles. The zero-order valence-corrected chi connectivity index (χ0v) is 17.1. The van der Waals surface area contributed by atoms with Gasteiger partial charge in [0.25, 0.3) is 11.8 Å². The molecule has 0 bridgehead atoms. The van der Waals surface area contributed by atoms with Gasteiger partial charge in [-0.2, -0.15) is 0 Å². The third-order valence-electron chi connectivity index (χ3n) is 4.98. The first-order valence-electron chi connectivity index (χ1n) is 9.11. The van der Waals surface area contributed by atoms with Crippen molar-refractivity contribution in [3.8, 4) is 0 Å². The number of hydrogen-bond acceptors (Lipinski definition) is 5. The Morgan fingerprint density at radius 3 is 2.40 bits per heavy atom. The first-order valence-corrected chi connectivity index (χ1v) is 9.11. The van der Waals surface area contributed by atoms with E-state index in [2.05, 4.69) is 10.6 Å². The van der Waals surface area contributed by atoms with Crippen molar-refractivity contribution in [2.45, 2.75) is 32.9 Å². The molecule has 1 aromatic carbocycles. The molecule has 9 nitrogen and oxygen atoms in total. The molecule has 2 atom stereocenters. The number of anilines is 1. The highest BCUT2D eigenvalue weighted by molar-refractivity contribution is 6.06. The molecule has 0 aliphatic carbocycles. The quantitative estimate of drug-likeness (QED) is 0.438. The highest BCUT2D eigenvalue weighted by atomic mass is 19.1. The van der Waals surface area contributed by atoms with Gasteiger partial charge in [0.1, 0.15) is 11.9 Å². The molecule has 6 N–H and O–H groups in total. The van der Waals surface area contributed by atoms with E-state index in [1.807, 2.05) is 0 Å². The van der Waals surface area contributed by atoms with Crippen LogP contribution in [0.1, 0.15) is 39.0 Å². The summed E-state index contributed by atoms with van der Waals surface area (Å²) < 4.78 is 14.9. The summed E-state index contributed by atoms with van der Waals surface area (Å²) >= 11 is 0. The van der Waals surface area contributed by atoms with Gasteiger partial charge in [0.05, 0.1) is 17.9 Å². The number of aromatic nitrogens is 1. The van der Waals surface area contributed by atoms with E-state index in [0.717, 1.165) is 0 Å². The average Bonchev–Trinajstić information content (AvgIpc) is 2.90. The molecule has 1 aromatic heterocycles. The minimum Gasteiger partial charge on any atom is -0.394 e. The number of nitrogens with one attached hydrogen (secondary N) is 2. The number of aryl methyl sites for hydroxylation is 1. The van der Waals surface area contributed by atoms with Crippen LogP contribution in [-0.2, 0) is 16.6 Å². The molecule has 0 aliphatic heterocycles. The van der Waals surface area contributed by atoms with Crippen molar-refractivity contribution >= 4 is 23.4 Å². The van der Waals surface area contributed by atoms with Crippen LogP contribution < -0.4 is 16.4 Å². The third kappa shape index (κ3) is 4.50. The fourth-order valence-corrected chi connectivity index (χ4v) is 3.22. The maximum absolute atomic E-state index is 13.4. The Hall–Kier alpha value is -3.24. The van der Waals surface area contributed by atoms with Crippen LogP contribution in [0.25, 0.3) is 0 Å². The summed E-state index contributed by atoms with van der Waals surface area (Å²) in [5.74, 6) is -2.78. The summed E-state index contributed by atoms with van der Waals surface area (Å²) in [5, 5.41) is 24.5. The van der Waals surface area contributed by atoms with Gasteiger partial charge in [-0.25, -0.2) is 4.39 Å². The lowest BCUT2D eigenvalue weighted by Gasteiger charge is -2.17. The Morgan fingerprint density at radius 1 is 1.23 bits per heavy atom. The van der Waals surface area contributed by atoms with Crippen LogP contribution in [0.5, 0.6) is 0 Å². The summed E-state index contributed by atoms with van der Waals surface area (Å²) in [5.41, 5.74) is 7.08. The van der Waals surface area contributed by atoms with Crippen LogP contribution in [0.3, 0.4) is 0 Å². The van der Waals surface area contributed by atoms with E-state index in [4.69, 9.17) is 10.8 Å². The fourth-order valence-electron chi connectivity index (χ4n) is 3.22. The number of amides is 3. The predicted octanol–water partition coefficient (Wildman–Crippen LogP) is 0.338. The molecule has 0 spiro atoms. The number of nitrogens with two attached hydrogens (primary N) is 1. The number of carbonyl (C=O) groups excluding carboxylic acids is 3. The molecule has 0 aliphatic rings. The summed E-state index contributed by atoms with van der Waals surface area (Å²) in [6.07, 6.45) is -1.71. The van der Waals surface area contributed by atoms with E-state index in [0.29, 0.717) is 22.5 Å². The van der Waals surface area contributed by atoms with E-state index < -0.39 is 42.3 Å². The van der Waals surface area contributed by atoms with Crippen molar-refractivity contribution in [3.63, 3.8) is 0 Å². The van der Waals surface area contributed by atoms with E-state index in [1.54, 1.807) is 27.8 Å². The molecule has 0 fully saturated rings. The van der Waals surface area contributed by atoms with Gasteiger partial charge < -0.3 is 31.1 Å². The highest BCUT2D eigenvalue weighted by Crippen LogP contribution is 2.27. The zero-order valence-electron chi connectivity index (χ0n) is 17.1. The van der Waals surface area contributed by atoms with Crippen molar-refractivity contribution in [1.29, 1.82) is 0 Å². The number of rotatable bonds is 7. The molecule has 2 aromatic rings. The molecule has 2 rings (SSSR count). The number of halogens is 1. The average molecular weight is 420 g/mol. The monoisotopic (exact) mass is 420 g/mol. The molecule has 1 unspecified atom stereocenters. The van der Waals surface area contributed by atoms with Gasteiger partial charge >= 0.3 is 0 Å². The Balaban J connectivity index is 2.33. The number of aliphatic hydroxyl groups excluding tert-OH is 2. The van der Waals surface area contributed by atoms with Crippen molar-refractivity contribution in [1.82, 2.24) is 9.88 Å². The van der Waals surface area contributed by atoms with Crippen molar-refractivity contribution in [3.05, 3.63) is 52.1 Å². The molecule has 0 radical (unpaired) electrons. The first-order chi connectivity index (χ1) is 14.0. The van der Waals surface area contributed by atoms with Gasteiger partial charge in [-0.3, -0.25) is 14.4 Å². The van der Waals surface area contributed by atoms with Crippen molar-refractivity contribution < 1.29 is 29.0 Å². The summed E-state index contributed by atoms with van der Waals surface area (Å²) in [6.45, 7) is 4.07. The molecule has 0 saturated carbocycles. The summed E-state index contributed by atoms with van der Waals surface area (Å²) in [6, 6.07) is 2.81. The molecule has 10 heteroatoms. The SMILES string of the molecule is Cc1cc(NC(=O)c2c(C)c(C(O)C(=O)N[C@H](CO)C(N)=O)n(C)c2C)ccc1F. The van der Waals surface area contributed by atoms with E-state index in [-0.39, 0.29) is 11.3 Å². The van der Waals surface area contributed by atoms with E-state index >= 15 is 0 Å². The van der Waals surface area contributed by atoms with Gasteiger partial charge in [-0.05, 0) is 50.1 Å². The van der Waals surface area contributed by atoms with Crippen molar-refractivity contribution in [2.75, 3.05) is 11.9 Å². The predicted molar refractivity (Wildman–Crippen MR) is 107 cm³/mol. The van der Waals surface area contributed by atoms with Crippen LogP contribution >= 0.6 is 0 Å². The Morgan fingerprint density at radius 2 is 1.87 bits per heavy atom. The second-order valence-corrected chi connectivity index (χ2v) is 7.00. The van der Waals surface area contributed by atoms with Crippen LogP contribution in [0.15, 0.2) is 18.2 Å². The first kappa shape index (κ1) is 23.0. The maximum atomic E-state index is 13.4. The Labute approximate surface area is 172 Å². The number of nitrogens with zero attached hydrogens (tertiary/aromatic N) is 1. The number of benzene rings is 1. The molecule has 162 valence electrons. The lowest BCUT2D eigenvalue weighted by molar-refractivity contribution is -0.134. The van der Waals surface area contributed by atoms with E-state index in [9.17, 15) is 23.9 Å². The largest absolute Gasteiger partial charge is 0.394 e. The maximum Gasteiger partial charge on any atom is 0.257 e. The van der Waals surface area contributed by atoms with Gasteiger partial charge in [0, 0.05) is 18.4 Å². The Kier molecular flexibility index (Phi) is 6.96. The molecular formula is C20H25FN4O5. The molecular weight excluding hydrogens is 395 g/mol. The second kappa shape index (κ2) is 9.06. The zero-order chi connectivity index (χ0) is 22.7. The lowest BCUT2D eigenvalue weighted by Crippen LogP contribution is -2.48. The van der Waals surface area contributed by atoms with Crippen LogP contribution in [0, 0.1) is 26.6 Å². The number of primary amides is 1. The highest BCUT2D eigenvalue weighted by Gasteiger charge is 2.30. The minimum absolute atomic E-state index is 0.145. The number of aliphatic hydroxyl groups is 2. The van der Waals surface area contributed by atoms with Gasteiger partial charge in [0.15, 0.2) is 6.10 Å². The molecule has 3 amide bonds. The smallest absolute Gasteiger partial charge is 0.257 e. The number of hydrogen-bond donors (Lipinski definition) is 5. The van der Waals surface area contributed by atoms with Crippen LogP contribution in [-0.4, -0.2) is 45.2 Å². The van der Waals surface area contributed by atoms with E-state index in [1.165, 1.54) is 22.8 Å². The van der Waals surface area contributed by atoms with Gasteiger partial charge in [-0.15, -0.1) is 0 Å². The topological polar surface area (TPSA) is 147 Å². The second-order valence-electron chi connectivity index (χ2n) is 7.00. The van der Waals surface area contributed by atoms with Crippen LogP contribution in [0.4, 0.5) is 10.1 Å². The van der Waals surface area contributed by atoms with Crippen molar-refractivity contribution in [2.24, 2.45) is 12.8 Å². The fraction of sp³-hybridized carbons (Fsp3) is 0.350. The Bertz CT molecular complexity index is 1000. The molecule has 30 heavy (non-hydrogen) atoms. The number of carbonyl (C=O) groups is 3. The standard InChI is InChI=1S/C20H25FN4O5/c1-9-7-12(5-6-13(9)21)23-19(29)15-10(2)16(25(4)11(15)3)17(27)20(30)24-14(8-26)18(22)28/h5-7,14,17,26-27H,8H2,1-4H3,(H2,22,28)(H,23,29)(H,24,30)/t14-,17?/m1/s1. The normalized spacial score (nSPS) is 12.9. The lowest BCUT2D eigenvalue weighted by atomic mass is 10.1. The minimum atomic E-state index is -1.71. The summed E-state index contributed by atoms with van der Waals surface area (Å²) in [7, 11) is 1.57. The summed E-state index contributed by atoms with van der Waals surface area (Å²) in [4.78, 5) is 36.4. The van der Waals surface area contributed by atoms with Gasteiger partial charge in [0.2, 0.25) is 5.91 Å². The third-order valence-corrected chi connectivity index (χ3v) is 4.98. The molecule has 0 saturated heterocycles. The van der Waals surface area contributed by atoms with Crippen LogP contribution in [0.2, 0.25) is 0 Å².